The zero-order valence-corrected chi connectivity index (χ0v) is 17.0. The number of hydrogen-bond donors (Lipinski definition) is 8. The van der Waals surface area contributed by atoms with Crippen LogP contribution in [0.3, 0.4) is 0 Å². The average Bonchev–Trinajstić information content (AvgIpc) is 3.44. The van der Waals surface area contributed by atoms with Gasteiger partial charge in [-0.05, 0) is 19.4 Å². The second-order valence-corrected chi connectivity index (χ2v) is 7.23. The third-order valence-corrected chi connectivity index (χ3v) is 4.80. The minimum absolute atomic E-state index is 0.126. The Morgan fingerprint density at radius 1 is 1.06 bits per heavy atom. The number of amides is 3. The van der Waals surface area contributed by atoms with Crippen molar-refractivity contribution < 1.29 is 39.3 Å². The van der Waals surface area contributed by atoms with Gasteiger partial charge in [-0.15, -0.1) is 0 Å². The number of carbonyl (C=O) groups excluding carboxylic acids is 3. The van der Waals surface area contributed by atoms with Crippen LogP contribution in [0, 0.1) is 0 Å². The second-order valence-electron chi connectivity index (χ2n) is 7.23. The van der Waals surface area contributed by atoms with E-state index in [9.17, 15) is 34.2 Å². The molecule has 1 aromatic heterocycles. The maximum absolute atomic E-state index is 12.5. The van der Waals surface area contributed by atoms with Gasteiger partial charge in [-0.3, -0.25) is 19.2 Å². The highest BCUT2D eigenvalue weighted by molar-refractivity contribution is 5.95. The topological polar surface area (TPSA) is 223 Å². The van der Waals surface area contributed by atoms with Crippen molar-refractivity contribution in [3.63, 3.8) is 0 Å². The summed E-state index contributed by atoms with van der Waals surface area (Å²) >= 11 is 0. The van der Waals surface area contributed by atoms with Gasteiger partial charge in [0.25, 0.3) is 0 Å². The summed E-state index contributed by atoms with van der Waals surface area (Å²) in [6, 6.07) is -5.00. The zero-order chi connectivity index (χ0) is 23.7. The Morgan fingerprint density at radius 3 is 2.28 bits per heavy atom. The SMILES string of the molecule is O=C(O)CC(NC(=O)C1CCCN1)C(=O)NC(CO)C(=O)NC(Cc1cnc[nH]1)C(=O)O. The van der Waals surface area contributed by atoms with Crippen LogP contribution < -0.4 is 21.3 Å². The lowest BCUT2D eigenvalue weighted by Gasteiger charge is -2.23. The lowest BCUT2D eigenvalue weighted by atomic mass is 10.1. The molecule has 0 spiro atoms. The van der Waals surface area contributed by atoms with Crippen LogP contribution >= 0.6 is 0 Å². The number of nitrogens with one attached hydrogen (secondary N) is 5. The molecule has 1 aromatic rings. The van der Waals surface area contributed by atoms with Crippen LogP contribution in [0.4, 0.5) is 0 Å². The average molecular weight is 454 g/mol. The van der Waals surface area contributed by atoms with Gasteiger partial charge in [-0.25, -0.2) is 9.78 Å². The highest BCUT2D eigenvalue weighted by Crippen LogP contribution is 2.06. The Morgan fingerprint density at radius 2 is 1.75 bits per heavy atom. The summed E-state index contributed by atoms with van der Waals surface area (Å²) in [6.07, 6.45) is 3.13. The van der Waals surface area contributed by atoms with Crippen molar-refractivity contribution in [2.45, 2.75) is 49.9 Å². The quantitative estimate of drug-likeness (QED) is 0.157. The number of H-pyrrole nitrogens is 1. The highest BCUT2D eigenvalue weighted by Gasteiger charge is 2.32. The number of imidazole rings is 1. The third kappa shape index (κ3) is 7.31. The summed E-state index contributed by atoms with van der Waals surface area (Å²) in [4.78, 5) is 66.3. The maximum atomic E-state index is 12.5. The van der Waals surface area contributed by atoms with E-state index in [4.69, 9.17) is 5.11 Å². The number of nitrogens with zero attached hydrogens (tertiary/aromatic N) is 1. The molecule has 4 atom stereocenters. The van der Waals surface area contributed by atoms with Crippen molar-refractivity contribution in [2.24, 2.45) is 0 Å². The Kier molecular flexibility index (Phi) is 9.09. The first-order chi connectivity index (χ1) is 15.2. The molecule has 32 heavy (non-hydrogen) atoms. The first kappa shape index (κ1) is 24.7. The monoisotopic (exact) mass is 454 g/mol. The van der Waals surface area contributed by atoms with Crippen LogP contribution in [0.5, 0.6) is 0 Å². The number of carboxylic acids is 2. The summed E-state index contributed by atoms with van der Waals surface area (Å²) in [5, 5.41) is 37.5. The molecule has 2 heterocycles. The van der Waals surface area contributed by atoms with Crippen LogP contribution in [-0.4, -0.2) is 92.3 Å². The molecular formula is C18H26N6O8. The van der Waals surface area contributed by atoms with Gasteiger partial charge in [-0.2, -0.15) is 0 Å². The number of aliphatic carboxylic acids is 2. The fourth-order valence-electron chi connectivity index (χ4n) is 3.12. The van der Waals surface area contributed by atoms with Crippen molar-refractivity contribution in [1.82, 2.24) is 31.2 Å². The lowest BCUT2D eigenvalue weighted by Crippen LogP contribution is -2.58. The molecule has 8 N–H and O–H groups in total. The smallest absolute Gasteiger partial charge is 0.326 e. The summed E-state index contributed by atoms with van der Waals surface area (Å²) in [6.45, 7) is -0.268. The van der Waals surface area contributed by atoms with Crippen LogP contribution in [0.2, 0.25) is 0 Å². The number of rotatable bonds is 12. The minimum Gasteiger partial charge on any atom is -0.481 e. The Labute approximate surface area is 182 Å². The van der Waals surface area contributed by atoms with Crippen LogP contribution in [0.25, 0.3) is 0 Å². The molecule has 0 saturated carbocycles. The van der Waals surface area contributed by atoms with Crippen molar-refractivity contribution >= 4 is 29.7 Å². The van der Waals surface area contributed by atoms with Crippen LogP contribution in [-0.2, 0) is 30.4 Å². The number of aromatic nitrogens is 2. The van der Waals surface area contributed by atoms with Gasteiger partial charge >= 0.3 is 11.9 Å². The molecule has 0 aromatic carbocycles. The van der Waals surface area contributed by atoms with E-state index < -0.39 is 66.9 Å². The first-order valence-electron chi connectivity index (χ1n) is 9.88. The summed E-state index contributed by atoms with van der Waals surface area (Å²) in [5.74, 6) is -5.27. The maximum Gasteiger partial charge on any atom is 0.326 e. The number of aliphatic hydroxyl groups is 1. The Bertz CT molecular complexity index is 823. The van der Waals surface area contributed by atoms with Crippen molar-refractivity contribution in [3.05, 3.63) is 18.2 Å². The standard InChI is InChI=1S/C18H26N6O8/c25-7-13(17(30)23-12(18(31)32)4-9-6-19-8-21-9)24-16(29)11(5-14(26)27)22-15(28)10-2-1-3-20-10/h6,8,10-13,20,25H,1-5,7H2,(H,19,21)(H,22,28)(H,23,30)(H,24,29)(H,26,27)(H,31,32). The molecule has 2 rings (SSSR count). The number of aromatic amines is 1. The largest absolute Gasteiger partial charge is 0.481 e. The molecular weight excluding hydrogens is 428 g/mol. The minimum atomic E-state index is -1.57. The molecule has 1 aliphatic rings. The molecule has 0 aliphatic carbocycles. The molecule has 176 valence electrons. The molecule has 3 amide bonds. The first-order valence-corrected chi connectivity index (χ1v) is 9.88. The third-order valence-electron chi connectivity index (χ3n) is 4.80. The van der Waals surface area contributed by atoms with E-state index in [1.54, 1.807) is 0 Å². The van der Waals surface area contributed by atoms with E-state index in [2.05, 4.69) is 31.2 Å². The van der Waals surface area contributed by atoms with Gasteiger partial charge in [-0.1, -0.05) is 0 Å². The molecule has 0 radical (unpaired) electrons. The van der Waals surface area contributed by atoms with E-state index >= 15 is 0 Å². The van der Waals surface area contributed by atoms with Gasteiger partial charge in [0.1, 0.15) is 18.1 Å². The van der Waals surface area contributed by atoms with E-state index in [0.29, 0.717) is 18.7 Å². The molecule has 1 fully saturated rings. The highest BCUT2D eigenvalue weighted by atomic mass is 16.4. The number of aliphatic hydroxyl groups excluding tert-OH is 1. The van der Waals surface area contributed by atoms with Gasteiger partial charge in [0.05, 0.1) is 25.4 Å². The lowest BCUT2D eigenvalue weighted by molar-refractivity contribution is -0.143. The van der Waals surface area contributed by atoms with Crippen LogP contribution in [0.1, 0.15) is 25.0 Å². The van der Waals surface area contributed by atoms with E-state index in [-0.39, 0.29) is 6.42 Å². The Balaban J connectivity index is 2.01. The molecule has 14 nitrogen and oxygen atoms in total. The van der Waals surface area contributed by atoms with E-state index in [1.807, 2.05) is 0 Å². The second kappa shape index (κ2) is 11.8. The van der Waals surface area contributed by atoms with Crippen molar-refractivity contribution in [2.75, 3.05) is 13.2 Å². The fraction of sp³-hybridized carbons (Fsp3) is 0.556. The van der Waals surface area contributed by atoms with Crippen LogP contribution in [0.15, 0.2) is 12.5 Å². The predicted molar refractivity (Wildman–Crippen MR) is 106 cm³/mol. The van der Waals surface area contributed by atoms with E-state index in [1.165, 1.54) is 12.5 Å². The fourth-order valence-corrected chi connectivity index (χ4v) is 3.12. The Hall–Kier alpha value is -3.52. The van der Waals surface area contributed by atoms with Gasteiger partial charge in [0.2, 0.25) is 17.7 Å². The molecule has 14 heteroatoms. The summed E-state index contributed by atoms with van der Waals surface area (Å²) < 4.78 is 0. The molecule has 1 saturated heterocycles. The molecule has 4 unspecified atom stereocenters. The number of carbonyl (C=O) groups is 5. The van der Waals surface area contributed by atoms with Gasteiger partial charge in [0, 0.05) is 18.3 Å². The number of carboxylic acid groups (broad SMARTS) is 2. The summed E-state index contributed by atoms with van der Waals surface area (Å²) in [7, 11) is 0. The van der Waals surface area contributed by atoms with E-state index in [0.717, 1.165) is 6.42 Å². The van der Waals surface area contributed by atoms with Crippen molar-refractivity contribution in [1.29, 1.82) is 0 Å². The molecule has 0 bridgehead atoms. The predicted octanol–water partition coefficient (Wildman–Crippen LogP) is -3.29. The van der Waals surface area contributed by atoms with Crippen molar-refractivity contribution in [3.8, 4) is 0 Å². The zero-order valence-electron chi connectivity index (χ0n) is 17.0. The number of hydrogen-bond acceptors (Lipinski definition) is 8. The van der Waals surface area contributed by atoms with Gasteiger partial charge in [0.15, 0.2) is 0 Å². The molecule has 1 aliphatic heterocycles. The summed E-state index contributed by atoms with van der Waals surface area (Å²) in [5.41, 5.74) is 0.437. The van der Waals surface area contributed by atoms with Gasteiger partial charge < -0.3 is 41.6 Å². The normalized spacial score (nSPS) is 18.2.